The fourth-order valence-electron chi connectivity index (χ4n) is 5.47. The molecule has 3 heterocycles. The van der Waals surface area contributed by atoms with Gasteiger partial charge in [0.05, 0.1) is 11.7 Å². The Labute approximate surface area is 199 Å². The predicted molar refractivity (Wildman–Crippen MR) is 122 cm³/mol. The van der Waals surface area contributed by atoms with Crippen molar-refractivity contribution >= 4 is 28.7 Å². The number of aromatic carboxylic acids is 1. The summed E-state index contributed by atoms with van der Waals surface area (Å²) in [5.74, 6) is -1.71. The fraction of sp³-hybridized carbons (Fsp3) is 0.400. The van der Waals surface area contributed by atoms with Crippen LogP contribution < -0.4 is 5.32 Å². The lowest BCUT2D eigenvalue weighted by atomic mass is 10.1. The number of fused-ring (bicyclic) bond motifs is 2. The zero-order chi connectivity index (χ0) is 24.4. The lowest BCUT2D eigenvalue weighted by Gasteiger charge is -2.27. The van der Waals surface area contributed by atoms with Crippen molar-refractivity contribution in [2.45, 2.75) is 56.8 Å². The van der Waals surface area contributed by atoms with Gasteiger partial charge in [0.25, 0.3) is 0 Å². The maximum absolute atomic E-state index is 14.1. The van der Waals surface area contributed by atoms with Gasteiger partial charge in [0.1, 0.15) is 18.4 Å². The molecule has 0 bridgehead atoms. The summed E-state index contributed by atoms with van der Waals surface area (Å²) in [7, 11) is 0. The largest absolute Gasteiger partial charge is 0.476 e. The molecule has 1 aliphatic heterocycles. The minimum atomic E-state index is -1.18. The van der Waals surface area contributed by atoms with E-state index in [9.17, 15) is 23.9 Å². The number of piperidine rings is 1. The number of pyridine rings is 1. The number of hydrogen-bond acceptors (Lipinski definition) is 5. The van der Waals surface area contributed by atoms with Gasteiger partial charge in [0, 0.05) is 29.1 Å². The van der Waals surface area contributed by atoms with Crippen molar-refractivity contribution in [3.63, 3.8) is 0 Å². The van der Waals surface area contributed by atoms with E-state index in [1.807, 2.05) is 0 Å². The first-order chi connectivity index (χ1) is 16.8. The van der Waals surface area contributed by atoms with Gasteiger partial charge in [0.15, 0.2) is 5.69 Å². The van der Waals surface area contributed by atoms with Crippen LogP contribution in [-0.2, 0) is 16.1 Å². The van der Waals surface area contributed by atoms with Crippen molar-refractivity contribution in [1.82, 2.24) is 25.0 Å². The highest BCUT2D eigenvalue weighted by molar-refractivity contribution is 6.01. The number of carbonyl (C=O) groups is 3. The Morgan fingerprint density at radius 1 is 1.20 bits per heavy atom. The quantitative estimate of drug-likeness (QED) is 0.562. The number of carboxylic acid groups (broad SMARTS) is 1. The Morgan fingerprint density at radius 3 is 2.77 bits per heavy atom. The van der Waals surface area contributed by atoms with Crippen molar-refractivity contribution in [1.29, 1.82) is 0 Å². The van der Waals surface area contributed by atoms with Gasteiger partial charge in [-0.1, -0.05) is 18.2 Å². The number of nitrogens with zero attached hydrogens (tertiary/aromatic N) is 4. The van der Waals surface area contributed by atoms with Gasteiger partial charge in [-0.3, -0.25) is 19.3 Å². The molecule has 3 aliphatic rings. The van der Waals surface area contributed by atoms with E-state index in [0.29, 0.717) is 40.9 Å². The maximum Gasteiger partial charge on any atom is 0.357 e. The van der Waals surface area contributed by atoms with Gasteiger partial charge in [-0.25, -0.2) is 9.18 Å². The van der Waals surface area contributed by atoms with Gasteiger partial charge in [-0.15, -0.1) is 0 Å². The smallest absolute Gasteiger partial charge is 0.357 e. The van der Waals surface area contributed by atoms with Crippen LogP contribution in [-0.4, -0.2) is 60.7 Å². The maximum atomic E-state index is 14.1. The van der Waals surface area contributed by atoms with E-state index in [4.69, 9.17) is 0 Å². The number of hydrogen-bond donors (Lipinski definition) is 2. The molecular weight excluding hydrogens is 453 g/mol. The molecule has 2 N–H and O–H groups in total. The second-order valence-corrected chi connectivity index (χ2v) is 9.75. The van der Waals surface area contributed by atoms with Crippen LogP contribution in [0.3, 0.4) is 0 Å². The number of amides is 2. The SMILES string of the molecule is Cc1cc2c(C(=O)O)nn(CC(=O)N3[C@@H]4C[C@@H]4C[C@H]3C(=O)N[C@@H]3C[C@H]3c3ccccc3F)c2cn1. The van der Waals surface area contributed by atoms with Crippen LogP contribution in [0.1, 0.15) is 46.9 Å². The molecule has 35 heavy (non-hydrogen) atoms. The number of aryl methyl sites for hydroxylation is 1. The van der Waals surface area contributed by atoms with Crippen molar-refractivity contribution in [3.05, 3.63) is 59.3 Å². The predicted octanol–water partition coefficient (Wildman–Crippen LogP) is 2.24. The third-order valence-electron chi connectivity index (χ3n) is 7.38. The van der Waals surface area contributed by atoms with Crippen molar-refractivity contribution in [2.75, 3.05) is 0 Å². The van der Waals surface area contributed by atoms with E-state index < -0.39 is 12.0 Å². The van der Waals surface area contributed by atoms with Gasteiger partial charge in [-0.2, -0.15) is 5.10 Å². The summed E-state index contributed by atoms with van der Waals surface area (Å²) in [6.07, 6.45) is 3.64. The van der Waals surface area contributed by atoms with Gasteiger partial charge in [0.2, 0.25) is 11.8 Å². The number of rotatable bonds is 6. The third kappa shape index (κ3) is 3.73. The number of benzene rings is 1. The van der Waals surface area contributed by atoms with Gasteiger partial charge >= 0.3 is 5.97 Å². The molecular formula is C25H24FN5O4. The first-order valence-corrected chi connectivity index (χ1v) is 11.7. The molecule has 180 valence electrons. The zero-order valence-electron chi connectivity index (χ0n) is 19.0. The molecule has 2 aromatic heterocycles. The summed E-state index contributed by atoms with van der Waals surface area (Å²) in [6.45, 7) is 1.58. The third-order valence-corrected chi connectivity index (χ3v) is 7.38. The standard InChI is InChI=1S/C25H24FN5O4/c1-12-6-16-21(10-27-12)30(29-23(16)25(34)35)11-22(32)31-19-7-13(19)8-20(31)24(33)28-18-9-15(18)14-4-2-3-5-17(14)26/h2-6,10,13,15,18-20H,7-9,11H2,1H3,(H,28,33)(H,34,35)/t13-,15+,18-,19-,20+/m1/s1. The van der Waals surface area contributed by atoms with E-state index in [0.717, 1.165) is 6.42 Å². The number of likely N-dealkylation sites (tertiary alicyclic amines) is 1. The normalized spacial score (nSPS) is 26.5. The minimum Gasteiger partial charge on any atom is -0.476 e. The van der Waals surface area contributed by atoms with Crippen LogP contribution in [0.2, 0.25) is 0 Å². The van der Waals surface area contributed by atoms with Crippen LogP contribution in [0.4, 0.5) is 4.39 Å². The van der Waals surface area contributed by atoms with Crippen molar-refractivity contribution < 1.29 is 23.9 Å². The van der Waals surface area contributed by atoms with E-state index in [1.165, 1.54) is 16.9 Å². The Bertz CT molecular complexity index is 1390. The second-order valence-electron chi connectivity index (χ2n) is 9.75. The number of nitrogens with one attached hydrogen (secondary N) is 1. The molecule has 6 rings (SSSR count). The van der Waals surface area contributed by atoms with Crippen molar-refractivity contribution in [2.24, 2.45) is 5.92 Å². The molecule has 0 radical (unpaired) electrons. The van der Waals surface area contributed by atoms with E-state index in [2.05, 4.69) is 15.4 Å². The lowest BCUT2D eigenvalue weighted by Crippen LogP contribution is -2.49. The number of halogens is 1. The summed E-state index contributed by atoms with van der Waals surface area (Å²) in [5.41, 5.74) is 1.58. The first kappa shape index (κ1) is 21.7. The topological polar surface area (TPSA) is 117 Å². The lowest BCUT2D eigenvalue weighted by molar-refractivity contribution is -0.140. The summed E-state index contributed by atoms with van der Waals surface area (Å²) in [5, 5.41) is 17.1. The average molecular weight is 477 g/mol. The molecule has 0 spiro atoms. The monoisotopic (exact) mass is 477 g/mol. The molecule has 2 saturated carbocycles. The average Bonchev–Trinajstić information content (AvgIpc) is 3.69. The minimum absolute atomic E-state index is 0.0148. The Morgan fingerprint density at radius 2 is 2.00 bits per heavy atom. The summed E-state index contributed by atoms with van der Waals surface area (Å²) >= 11 is 0. The molecule has 1 saturated heterocycles. The Balaban J connectivity index is 1.18. The molecule has 2 aliphatic carbocycles. The van der Waals surface area contributed by atoms with Gasteiger partial charge in [-0.05, 0) is 49.8 Å². The van der Waals surface area contributed by atoms with Crippen LogP contribution in [0.5, 0.6) is 0 Å². The molecule has 3 fully saturated rings. The molecule has 9 nitrogen and oxygen atoms in total. The number of aromatic nitrogens is 3. The van der Waals surface area contributed by atoms with E-state index >= 15 is 0 Å². The summed E-state index contributed by atoms with van der Waals surface area (Å²) in [6, 6.07) is 7.50. The molecule has 10 heteroatoms. The van der Waals surface area contributed by atoms with Crippen LogP contribution >= 0.6 is 0 Å². The zero-order valence-corrected chi connectivity index (χ0v) is 19.0. The highest BCUT2D eigenvalue weighted by Crippen LogP contribution is 2.48. The highest BCUT2D eigenvalue weighted by Gasteiger charge is 2.56. The molecule has 1 aromatic carbocycles. The molecule has 5 atom stereocenters. The van der Waals surface area contributed by atoms with Crippen LogP contribution in [0, 0.1) is 18.7 Å². The first-order valence-electron chi connectivity index (χ1n) is 11.7. The van der Waals surface area contributed by atoms with E-state index in [-0.39, 0.29) is 47.9 Å². The summed E-state index contributed by atoms with van der Waals surface area (Å²) in [4.78, 5) is 44.0. The number of carboxylic acids is 1. The molecule has 0 unspecified atom stereocenters. The Hall–Kier alpha value is -3.82. The second kappa shape index (κ2) is 7.86. The Kier molecular flexibility index (Phi) is 4.87. The fourth-order valence-corrected chi connectivity index (χ4v) is 5.47. The van der Waals surface area contributed by atoms with Crippen LogP contribution in [0.25, 0.3) is 10.9 Å². The number of carbonyl (C=O) groups excluding carboxylic acids is 2. The van der Waals surface area contributed by atoms with Gasteiger partial charge < -0.3 is 15.3 Å². The van der Waals surface area contributed by atoms with Crippen LogP contribution in [0.15, 0.2) is 36.5 Å². The molecule has 2 amide bonds. The molecule has 3 aromatic rings. The highest BCUT2D eigenvalue weighted by atomic mass is 19.1. The summed E-state index contributed by atoms with van der Waals surface area (Å²) < 4.78 is 15.4. The van der Waals surface area contributed by atoms with E-state index in [1.54, 1.807) is 36.1 Å². The van der Waals surface area contributed by atoms with Crippen molar-refractivity contribution in [3.8, 4) is 0 Å².